The van der Waals surface area contributed by atoms with Crippen molar-refractivity contribution in [3.05, 3.63) is 120 Å². The lowest BCUT2D eigenvalue weighted by Gasteiger charge is -2.11. The predicted molar refractivity (Wildman–Crippen MR) is 185 cm³/mol. The molecule has 0 amide bonds. The van der Waals surface area contributed by atoms with Crippen molar-refractivity contribution in [2.45, 2.75) is 58.0 Å². The Balaban J connectivity index is 0.906. The van der Waals surface area contributed by atoms with E-state index in [9.17, 15) is 0 Å². The largest absolute Gasteiger partial charge is 0.317 e. The second-order valence-corrected chi connectivity index (χ2v) is 11.4. The zero-order valence-electron chi connectivity index (χ0n) is 26.0. The first-order valence-electron chi connectivity index (χ1n) is 16.5. The van der Waals surface area contributed by atoms with E-state index in [1.54, 1.807) is 0 Å². The van der Waals surface area contributed by atoms with E-state index in [-0.39, 0.29) is 0 Å². The topological polar surface area (TPSA) is 48.1 Å². The first-order chi connectivity index (χ1) is 21.4. The van der Waals surface area contributed by atoms with Gasteiger partial charge in [0, 0.05) is 13.1 Å². The fraction of sp³-hybridized carbons (Fsp3) is 0.385. The summed E-state index contributed by atoms with van der Waals surface area (Å²) in [5.74, 6) is 0. The molecule has 4 heteroatoms. The fourth-order valence-corrected chi connectivity index (χ4v) is 5.55. The van der Waals surface area contributed by atoms with E-state index in [0.717, 1.165) is 65.2 Å². The number of hydrogen-bond donors (Lipinski definition) is 4. The minimum atomic E-state index is 0.918. The van der Waals surface area contributed by atoms with Gasteiger partial charge < -0.3 is 21.3 Å². The normalized spacial score (nSPS) is 11.2. The van der Waals surface area contributed by atoms with Crippen LogP contribution in [-0.4, -0.2) is 39.3 Å². The summed E-state index contributed by atoms with van der Waals surface area (Å²) in [4.78, 5) is 0. The van der Waals surface area contributed by atoms with Gasteiger partial charge >= 0.3 is 0 Å². The Bertz CT molecular complexity index is 1160. The standard InChI is InChI=1S/C39H52N4/c1(2-14-26-40-28-16-30-42-32-36-22-10-12-24-38(36)34-18-6-4-7-19-34)3-15-27-41-29-17-31-43-33-37-23-11-13-25-39(37)35-20-8-5-9-21-35/h4-13,18-25,40-43H,1-3,14-17,26-33H2. The number of nitrogens with one attached hydrogen (secondary N) is 4. The highest BCUT2D eigenvalue weighted by atomic mass is 14.9. The summed E-state index contributed by atoms with van der Waals surface area (Å²) in [6, 6.07) is 38.8. The van der Waals surface area contributed by atoms with Gasteiger partial charge in [-0.15, -0.1) is 0 Å². The number of rotatable bonds is 22. The van der Waals surface area contributed by atoms with E-state index in [4.69, 9.17) is 0 Å². The van der Waals surface area contributed by atoms with Crippen LogP contribution < -0.4 is 21.3 Å². The molecule has 4 rings (SSSR count). The Hall–Kier alpha value is -3.28. The van der Waals surface area contributed by atoms with Gasteiger partial charge in [0.15, 0.2) is 0 Å². The molecule has 0 aliphatic rings. The lowest BCUT2D eigenvalue weighted by Crippen LogP contribution is -2.23. The van der Waals surface area contributed by atoms with Crippen LogP contribution in [0.5, 0.6) is 0 Å². The van der Waals surface area contributed by atoms with Crippen molar-refractivity contribution < 1.29 is 0 Å². The van der Waals surface area contributed by atoms with Crippen LogP contribution in [0.15, 0.2) is 109 Å². The van der Waals surface area contributed by atoms with Gasteiger partial charge in [0.05, 0.1) is 0 Å². The summed E-state index contributed by atoms with van der Waals surface area (Å²) in [7, 11) is 0. The van der Waals surface area contributed by atoms with Gasteiger partial charge in [-0.05, 0) is 98.3 Å². The molecule has 0 spiro atoms. The molecule has 4 aromatic rings. The Morgan fingerprint density at radius 3 is 1.12 bits per heavy atom. The van der Waals surface area contributed by atoms with Crippen molar-refractivity contribution in [1.29, 1.82) is 0 Å². The molecule has 43 heavy (non-hydrogen) atoms. The van der Waals surface area contributed by atoms with Crippen LogP contribution in [0.3, 0.4) is 0 Å². The first kappa shape index (κ1) is 32.6. The zero-order chi connectivity index (χ0) is 29.6. The van der Waals surface area contributed by atoms with E-state index < -0.39 is 0 Å². The number of hydrogen-bond acceptors (Lipinski definition) is 4. The molecule has 0 heterocycles. The highest BCUT2D eigenvalue weighted by Crippen LogP contribution is 2.24. The molecule has 4 nitrogen and oxygen atoms in total. The van der Waals surface area contributed by atoms with Crippen LogP contribution in [0.4, 0.5) is 0 Å². The van der Waals surface area contributed by atoms with Crippen LogP contribution in [0.25, 0.3) is 22.3 Å². The third kappa shape index (κ3) is 12.5. The molecular formula is C39H52N4. The molecular weight excluding hydrogens is 524 g/mol. The smallest absolute Gasteiger partial charge is 0.0211 e. The molecule has 0 saturated carbocycles. The van der Waals surface area contributed by atoms with E-state index in [2.05, 4.69) is 130 Å². The summed E-state index contributed by atoms with van der Waals surface area (Å²) >= 11 is 0. The minimum absolute atomic E-state index is 0.918. The average molecular weight is 577 g/mol. The summed E-state index contributed by atoms with van der Waals surface area (Å²) in [6.45, 7) is 8.37. The summed E-state index contributed by atoms with van der Waals surface area (Å²) in [5.41, 5.74) is 7.97. The molecule has 0 aliphatic carbocycles. The molecule has 0 fully saturated rings. The fourth-order valence-electron chi connectivity index (χ4n) is 5.55. The highest BCUT2D eigenvalue weighted by molar-refractivity contribution is 5.68. The van der Waals surface area contributed by atoms with Gasteiger partial charge in [-0.25, -0.2) is 0 Å². The zero-order valence-corrected chi connectivity index (χ0v) is 26.0. The van der Waals surface area contributed by atoms with Gasteiger partial charge in [0.1, 0.15) is 0 Å². The van der Waals surface area contributed by atoms with Crippen molar-refractivity contribution in [3.63, 3.8) is 0 Å². The third-order valence-corrected chi connectivity index (χ3v) is 7.96. The van der Waals surface area contributed by atoms with Gasteiger partial charge in [-0.2, -0.15) is 0 Å². The molecule has 0 aromatic heterocycles. The van der Waals surface area contributed by atoms with Gasteiger partial charge in [-0.1, -0.05) is 128 Å². The summed E-state index contributed by atoms with van der Waals surface area (Å²) < 4.78 is 0. The first-order valence-corrected chi connectivity index (χ1v) is 16.5. The second-order valence-electron chi connectivity index (χ2n) is 11.4. The van der Waals surface area contributed by atoms with Gasteiger partial charge in [0.25, 0.3) is 0 Å². The predicted octanol–water partition coefficient (Wildman–Crippen LogP) is 7.81. The molecule has 0 atom stereocenters. The molecule has 0 bridgehead atoms. The maximum absolute atomic E-state index is 3.63. The Kier molecular flexibility index (Phi) is 15.6. The van der Waals surface area contributed by atoms with Crippen LogP contribution in [-0.2, 0) is 13.1 Å². The average Bonchev–Trinajstić information content (AvgIpc) is 3.07. The van der Waals surface area contributed by atoms with E-state index in [1.165, 1.54) is 65.5 Å². The molecule has 0 radical (unpaired) electrons. The molecule has 228 valence electrons. The lowest BCUT2D eigenvalue weighted by molar-refractivity contribution is 0.537. The molecule has 0 saturated heterocycles. The summed E-state index contributed by atoms with van der Waals surface area (Å²) in [5, 5.41) is 14.5. The third-order valence-electron chi connectivity index (χ3n) is 7.96. The maximum Gasteiger partial charge on any atom is 0.0211 e. The Morgan fingerprint density at radius 2 is 0.651 bits per heavy atom. The molecule has 4 aromatic carbocycles. The van der Waals surface area contributed by atoms with Crippen molar-refractivity contribution in [2.24, 2.45) is 0 Å². The van der Waals surface area contributed by atoms with Gasteiger partial charge in [0.2, 0.25) is 0 Å². The SMILES string of the molecule is c1ccc(-c2ccccc2CNCCCNCCCCCCCNCCCNCc2ccccc2-c2ccccc2)cc1. The lowest BCUT2D eigenvalue weighted by atomic mass is 10.00. The van der Waals surface area contributed by atoms with Gasteiger partial charge in [-0.3, -0.25) is 0 Å². The Morgan fingerprint density at radius 1 is 0.302 bits per heavy atom. The molecule has 0 unspecified atom stereocenters. The van der Waals surface area contributed by atoms with Crippen molar-refractivity contribution in [2.75, 3.05) is 39.3 Å². The van der Waals surface area contributed by atoms with E-state index in [0.29, 0.717) is 0 Å². The Labute approximate surface area is 260 Å². The maximum atomic E-state index is 3.63. The number of benzene rings is 4. The van der Waals surface area contributed by atoms with Crippen LogP contribution in [0, 0.1) is 0 Å². The van der Waals surface area contributed by atoms with Crippen molar-refractivity contribution in [1.82, 2.24) is 21.3 Å². The van der Waals surface area contributed by atoms with Crippen molar-refractivity contribution >= 4 is 0 Å². The molecule has 0 aliphatic heterocycles. The highest BCUT2D eigenvalue weighted by Gasteiger charge is 2.05. The molecule has 4 N–H and O–H groups in total. The summed E-state index contributed by atoms with van der Waals surface area (Å²) in [6.07, 6.45) is 8.89. The monoisotopic (exact) mass is 576 g/mol. The second kappa shape index (κ2) is 20.6. The number of unbranched alkanes of at least 4 members (excludes halogenated alkanes) is 4. The minimum Gasteiger partial charge on any atom is -0.317 e. The van der Waals surface area contributed by atoms with Crippen LogP contribution in [0.2, 0.25) is 0 Å². The van der Waals surface area contributed by atoms with Crippen molar-refractivity contribution in [3.8, 4) is 22.3 Å². The van der Waals surface area contributed by atoms with Crippen LogP contribution >= 0.6 is 0 Å². The van der Waals surface area contributed by atoms with Crippen LogP contribution in [0.1, 0.15) is 56.1 Å². The quantitative estimate of drug-likeness (QED) is 0.0721. The van der Waals surface area contributed by atoms with E-state index >= 15 is 0 Å². The van der Waals surface area contributed by atoms with E-state index in [1.807, 2.05) is 0 Å².